The number of benzene rings is 2. The van der Waals surface area contributed by atoms with Gasteiger partial charge in [-0.25, -0.2) is 0 Å². The van der Waals surface area contributed by atoms with E-state index in [-0.39, 0.29) is 12.5 Å². The van der Waals surface area contributed by atoms with Crippen LogP contribution in [-0.2, 0) is 17.1 Å². The van der Waals surface area contributed by atoms with Crippen LogP contribution in [0.4, 0.5) is 0 Å². The number of nitrogens with zero attached hydrogens (tertiary/aromatic N) is 3. The quantitative estimate of drug-likeness (QED) is 0.280. The molecule has 1 heterocycles. The predicted octanol–water partition coefficient (Wildman–Crippen LogP) is 5.31. The van der Waals surface area contributed by atoms with E-state index >= 15 is 0 Å². The summed E-state index contributed by atoms with van der Waals surface area (Å²) in [6, 6.07) is 13.6. The lowest BCUT2D eigenvalue weighted by Gasteiger charge is -2.13. The van der Waals surface area contributed by atoms with Gasteiger partial charge in [0.05, 0.1) is 17.3 Å². The van der Waals surface area contributed by atoms with Gasteiger partial charge in [0.2, 0.25) is 5.91 Å². The van der Waals surface area contributed by atoms with Crippen LogP contribution in [0, 0.1) is 6.92 Å². The maximum atomic E-state index is 12.2. The highest BCUT2D eigenvalue weighted by atomic mass is 35.5. The number of aryl methyl sites for hydroxylation is 1. The van der Waals surface area contributed by atoms with Crippen LogP contribution in [0.3, 0.4) is 0 Å². The van der Waals surface area contributed by atoms with E-state index in [2.05, 4.69) is 40.6 Å². The first-order valence-corrected chi connectivity index (χ1v) is 12.3. The molecule has 3 N–H and O–H groups in total. The number of unbranched alkanes of at least 4 members (excludes halogenated alkanes) is 2. The lowest BCUT2D eigenvalue weighted by molar-refractivity contribution is -0.121. The molecular weight excluding hydrogens is 465 g/mol. The molecule has 0 aliphatic heterocycles. The fraction of sp³-hybridized carbons (Fsp3) is 0.348. The van der Waals surface area contributed by atoms with Crippen molar-refractivity contribution in [1.29, 1.82) is 0 Å². The standard InChI is InChI=1S/C23H27Cl2N5OS/c1-16-6-5-7-17(12-16)15-32-23-29-28-21(14-27-22(31)8-3-2-4-11-26)30(23)20-13-18(24)9-10-19(20)25/h5-7,9-10,12-13H,2-4,8,11,14-15,26H2,1H3,(H,27,31). The minimum Gasteiger partial charge on any atom is -0.349 e. The first-order chi connectivity index (χ1) is 15.5. The fourth-order valence-electron chi connectivity index (χ4n) is 3.23. The van der Waals surface area contributed by atoms with Crippen LogP contribution in [0.25, 0.3) is 5.69 Å². The number of hydrogen-bond donors (Lipinski definition) is 2. The van der Waals surface area contributed by atoms with Gasteiger partial charge in [0.25, 0.3) is 0 Å². The first-order valence-electron chi connectivity index (χ1n) is 10.5. The van der Waals surface area contributed by atoms with Crippen LogP contribution < -0.4 is 11.1 Å². The third kappa shape index (κ3) is 6.97. The number of rotatable bonds is 11. The van der Waals surface area contributed by atoms with E-state index in [9.17, 15) is 4.79 Å². The first kappa shape index (κ1) is 24.6. The molecule has 0 aliphatic carbocycles. The Kier molecular flexibility index (Phi) is 9.41. The van der Waals surface area contributed by atoms with Gasteiger partial charge in [-0.15, -0.1) is 10.2 Å². The molecule has 0 fully saturated rings. The molecule has 0 radical (unpaired) electrons. The molecule has 0 spiro atoms. The molecule has 6 nitrogen and oxygen atoms in total. The molecule has 0 bridgehead atoms. The van der Waals surface area contributed by atoms with E-state index in [0.717, 1.165) is 25.0 Å². The van der Waals surface area contributed by atoms with Gasteiger partial charge in [-0.1, -0.05) is 71.2 Å². The molecule has 3 rings (SSSR count). The summed E-state index contributed by atoms with van der Waals surface area (Å²) in [5, 5.41) is 13.4. The second-order valence-corrected chi connectivity index (χ2v) is 9.27. The molecule has 170 valence electrons. The van der Waals surface area contributed by atoms with Crippen LogP contribution in [0.5, 0.6) is 0 Å². The van der Waals surface area contributed by atoms with E-state index in [1.54, 1.807) is 30.0 Å². The van der Waals surface area contributed by atoms with Crippen LogP contribution >= 0.6 is 35.0 Å². The van der Waals surface area contributed by atoms with Gasteiger partial charge in [0.1, 0.15) is 0 Å². The molecule has 1 aromatic heterocycles. The molecule has 9 heteroatoms. The largest absolute Gasteiger partial charge is 0.349 e. The molecule has 3 aromatic rings. The van der Waals surface area contributed by atoms with Crippen molar-refractivity contribution in [2.75, 3.05) is 6.54 Å². The number of carbonyl (C=O) groups excluding carboxylic acids is 1. The summed E-state index contributed by atoms with van der Waals surface area (Å²) in [5.74, 6) is 1.30. The van der Waals surface area contributed by atoms with E-state index in [1.165, 1.54) is 11.1 Å². The van der Waals surface area contributed by atoms with Crippen molar-refractivity contribution in [3.05, 3.63) is 69.5 Å². The van der Waals surface area contributed by atoms with E-state index in [4.69, 9.17) is 28.9 Å². The molecule has 2 aromatic carbocycles. The average molecular weight is 492 g/mol. The van der Waals surface area contributed by atoms with Gasteiger partial charge in [-0.05, 0) is 50.1 Å². The Bertz CT molecular complexity index is 1060. The summed E-state index contributed by atoms with van der Waals surface area (Å²) >= 11 is 14.3. The Hall–Kier alpha value is -2.06. The number of aromatic nitrogens is 3. The predicted molar refractivity (Wildman–Crippen MR) is 131 cm³/mol. The monoisotopic (exact) mass is 491 g/mol. The summed E-state index contributed by atoms with van der Waals surface area (Å²) in [6.45, 7) is 2.96. The van der Waals surface area contributed by atoms with Gasteiger partial charge in [0, 0.05) is 17.2 Å². The smallest absolute Gasteiger partial charge is 0.220 e. The Balaban J connectivity index is 1.79. The lowest BCUT2D eigenvalue weighted by Crippen LogP contribution is -2.24. The number of carbonyl (C=O) groups is 1. The Labute approximate surface area is 202 Å². The SMILES string of the molecule is Cc1cccc(CSc2nnc(CNC(=O)CCCCCN)n2-c2cc(Cl)ccc2Cl)c1. The van der Waals surface area contributed by atoms with E-state index in [1.807, 2.05) is 10.6 Å². The number of nitrogens with one attached hydrogen (secondary N) is 1. The molecular formula is C23H27Cl2N5OS. The van der Waals surface area contributed by atoms with Gasteiger partial charge >= 0.3 is 0 Å². The van der Waals surface area contributed by atoms with Gasteiger partial charge in [-0.3, -0.25) is 9.36 Å². The molecule has 0 unspecified atom stereocenters. The van der Waals surface area contributed by atoms with Crippen molar-refractivity contribution < 1.29 is 4.79 Å². The molecule has 0 atom stereocenters. The summed E-state index contributed by atoms with van der Waals surface area (Å²) in [7, 11) is 0. The molecule has 1 amide bonds. The lowest BCUT2D eigenvalue weighted by atomic mass is 10.2. The highest BCUT2D eigenvalue weighted by molar-refractivity contribution is 7.98. The maximum absolute atomic E-state index is 12.2. The van der Waals surface area contributed by atoms with Crippen molar-refractivity contribution >= 4 is 40.9 Å². The van der Waals surface area contributed by atoms with Crippen molar-refractivity contribution in [3.8, 4) is 5.69 Å². The summed E-state index contributed by atoms with van der Waals surface area (Å²) < 4.78 is 1.86. The van der Waals surface area contributed by atoms with Gasteiger partial charge in [-0.2, -0.15) is 0 Å². The maximum Gasteiger partial charge on any atom is 0.220 e. The van der Waals surface area contributed by atoms with Crippen molar-refractivity contribution in [1.82, 2.24) is 20.1 Å². The second kappa shape index (κ2) is 12.3. The normalized spacial score (nSPS) is 11.0. The van der Waals surface area contributed by atoms with Crippen molar-refractivity contribution in [2.45, 2.75) is 50.1 Å². The van der Waals surface area contributed by atoms with Crippen LogP contribution in [-0.4, -0.2) is 27.2 Å². The molecule has 0 saturated carbocycles. The van der Waals surface area contributed by atoms with Crippen LogP contribution in [0.15, 0.2) is 47.6 Å². The number of hydrogen-bond acceptors (Lipinski definition) is 5. The minimum absolute atomic E-state index is 0.0253. The summed E-state index contributed by atoms with van der Waals surface area (Å²) in [6.07, 6.45) is 3.14. The zero-order valence-corrected chi connectivity index (χ0v) is 20.3. The molecule has 32 heavy (non-hydrogen) atoms. The van der Waals surface area contributed by atoms with E-state index in [0.29, 0.717) is 39.7 Å². The Morgan fingerprint density at radius 2 is 1.97 bits per heavy atom. The van der Waals surface area contributed by atoms with Crippen molar-refractivity contribution in [3.63, 3.8) is 0 Å². The average Bonchev–Trinajstić information content (AvgIpc) is 3.18. The number of nitrogens with two attached hydrogens (primary N) is 1. The highest BCUT2D eigenvalue weighted by Crippen LogP contribution is 2.31. The summed E-state index contributed by atoms with van der Waals surface area (Å²) in [5.41, 5.74) is 8.58. The molecule has 0 aliphatic rings. The van der Waals surface area contributed by atoms with Gasteiger partial charge in [0.15, 0.2) is 11.0 Å². The van der Waals surface area contributed by atoms with Gasteiger partial charge < -0.3 is 11.1 Å². The Morgan fingerprint density at radius 1 is 1.12 bits per heavy atom. The number of halogens is 2. The highest BCUT2D eigenvalue weighted by Gasteiger charge is 2.18. The van der Waals surface area contributed by atoms with Crippen molar-refractivity contribution in [2.24, 2.45) is 5.73 Å². The topological polar surface area (TPSA) is 85.8 Å². The zero-order chi connectivity index (χ0) is 22.9. The third-order valence-corrected chi connectivity index (χ3v) is 6.41. The minimum atomic E-state index is -0.0253. The van der Waals surface area contributed by atoms with Crippen LogP contribution in [0.1, 0.15) is 42.6 Å². The number of thioether (sulfide) groups is 1. The molecule has 0 saturated heterocycles. The fourth-order valence-corrected chi connectivity index (χ4v) is 4.51. The van der Waals surface area contributed by atoms with Crippen LogP contribution in [0.2, 0.25) is 10.0 Å². The summed E-state index contributed by atoms with van der Waals surface area (Å²) in [4.78, 5) is 12.2. The van der Waals surface area contributed by atoms with E-state index < -0.39 is 0 Å². The third-order valence-electron chi connectivity index (χ3n) is 4.85. The second-order valence-electron chi connectivity index (χ2n) is 7.48. The Morgan fingerprint density at radius 3 is 2.75 bits per heavy atom. The number of amides is 1. The zero-order valence-electron chi connectivity index (χ0n) is 18.0.